The molecule has 1 aliphatic heterocycles. The van der Waals surface area contributed by atoms with Crippen molar-refractivity contribution in [3.63, 3.8) is 0 Å². The molecule has 1 aliphatic rings. The first-order valence-electron chi connectivity index (χ1n) is 8.04. The lowest BCUT2D eigenvalue weighted by atomic mass is 9.98. The number of hydrogen-bond acceptors (Lipinski definition) is 3. The average Bonchev–Trinajstić information content (AvgIpc) is 2.96. The van der Waals surface area contributed by atoms with Crippen LogP contribution in [0.4, 0.5) is 0 Å². The molecule has 0 bridgehead atoms. The number of likely N-dealkylation sites (tertiary alicyclic amines) is 1. The Bertz CT molecular complexity index is 650. The molecule has 2 aromatic rings. The molecule has 118 valence electrons. The molecule has 1 amide bonds. The first-order valence-corrected chi connectivity index (χ1v) is 8.04. The second kappa shape index (κ2) is 6.48. The smallest absolute Gasteiger partial charge is 0.224 e. The van der Waals surface area contributed by atoms with Gasteiger partial charge >= 0.3 is 0 Å². The molecule has 2 atom stereocenters. The maximum absolute atomic E-state index is 12.5. The quantitative estimate of drug-likeness (QED) is 0.941. The molecule has 1 N–H and O–H groups in total. The highest BCUT2D eigenvalue weighted by Gasteiger charge is 2.29. The summed E-state index contributed by atoms with van der Waals surface area (Å²) >= 11 is 0. The van der Waals surface area contributed by atoms with Crippen molar-refractivity contribution >= 4 is 16.9 Å². The second-order valence-electron chi connectivity index (χ2n) is 6.07. The van der Waals surface area contributed by atoms with E-state index in [1.807, 2.05) is 33.7 Å². The Morgan fingerprint density at radius 1 is 1.41 bits per heavy atom. The standard InChI is InChI=1S/C17H23N3O2/c1-13(21)15-7-4-5-10-20(15)17(22)9-11-19-12-18-14-6-2-3-8-16(14)19/h2-3,6,8,12-13,15,21H,4-5,7,9-11H2,1H3. The summed E-state index contributed by atoms with van der Waals surface area (Å²) in [6.45, 7) is 3.17. The number of nitrogens with zero attached hydrogens (tertiary/aromatic N) is 3. The maximum atomic E-state index is 12.5. The monoisotopic (exact) mass is 301 g/mol. The number of imidazole rings is 1. The van der Waals surface area contributed by atoms with Gasteiger partial charge in [-0.3, -0.25) is 4.79 Å². The van der Waals surface area contributed by atoms with Crippen molar-refractivity contribution in [2.24, 2.45) is 0 Å². The van der Waals surface area contributed by atoms with Gasteiger partial charge in [0.25, 0.3) is 0 Å². The third-order valence-electron chi connectivity index (χ3n) is 4.52. The number of piperidine rings is 1. The van der Waals surface area contributed by atoms with Crippen molar-refractivity contribution in [2.45, 2.75) is 51.3 Å². The van der Waals surface area contributed by atoms with Crippen molar-refractivity contribution in [1.82, 2.24) is 14.5 Å². The highest BCUT2D eigenvalue weighted by molar-refractivity contribution is 5.78. The zero-order valence-electron chi connectivity index (χ0n) is 13.0. The molecule has 5 nitrogen and oxygen atoms in total. The van der Waals surface area contributed by atoms with E-state index in [0.29, 0.717) is 13.0 Å². The van der Waals surface area contributed by atoms with E-state index in [1.54, 1.807) is 13.3 Å². The number of aromatic nitrogens is 2. The number of aliphatic hydroxyl groups excluding tert-OH is 1. The molecule has 0 spiro atoms. The van der Waals surface area contributed by atoms with E-state index in [2.05, 4.69) is 4.98 Å². The third-order valence-corrected chi connectivity index (χ3v) is 4.52. The lowest BCUT2D eigenvalue weighted by molar-refractivity contribution is -0.137. The minimum atomic E-state index is -0.460. The van der Waals surface area contributed by atoms with Gasteiger partial charge in [-0.15, -0.1) is 0 Å². The lowest BCUT2D eigenvalue weighted by Gasteiger charge is -2.37. The number of hydrogen-bond donors (Lipinski definition) is 1. The maximum Gasteiger partial charge on any atom is 0.224 e. The number of fused-ring (bicyclic) bond motifs is 1. The number of rotatable bonds is 4. The molecule has 1 saturated heterocycles. The number of carbonyl (C=O) groups is 1. The highest BCUT2D eigenvalue weighted by Crippen LogP contribution is 2.21. The van der Waals surface area contributed by atoms with Crippen LogP contribution >= 0.6 is 0 Å². The van der Waals surface area contributed by atoms with Crippen LogP contribution in [0.2, 0.25) is 0 Å². The Morgan fingerprint density at radius 3 is 3.05 bits per heavy atom. The first kappa shape index (κ1) is 15.0. The van der Waals surface area contributed by atoms with E-state index < -0.39 is 6.10 Å². The average molecular weight is 301 g/mol. The largest absolute Gasteiger partial charge is 0.391 e. The molecule has 0 saturated carbocycles. The third kappa shape index (κ3) is 2.99. The zero-order valence-corrected chi connectivity index (χ0v) is 13.0. The Kier molecular flexibility index (Phi) is 4.43. The summed E-state index contributed by atoms with van der Waals surface area (Å²) in [5, 5.41) is 9.88. The van der Waals surface area contributed by atoms with Crippen molar-refractivity contribution in [3.05, 3.63) is 30.6 Å². The Balaban J connectivity index is 1.66. The fourth-order valence-electron chi connectivity index (χ4n) is 3.32. The molecule has 22 heavy (non-hydrogen) atoms. The molecule has 1 aromatic carbocycles. The zero-order chi connectivity index (χ0) is 15.5. The molecule has 0 radical (unpaired) electrons. The van der Waals surface area contributed by atoms with Crippen molar-refractivity contribution < 1.29 is 9.90 Å². The summed E-state index contributed by atoms with van der Waals surface area (Å²) in [5.74, 6) is 0.128. The summed E-state index contributed by atoms with van der Waals surface area (Å²) < 4.78 is 2.02. The second-order valence-corrected chi connectivity index (χ2v) is 6.07. The van der Waals surface area contributed by atoms with Gasteiger partial charge in [0.05, 0.1) is 29.5 Å². The van der Waals surface area contributed by atoms with E-state index in [9.17, 15) is 9.90 Å². The van der Waals surface area contributed by atoms with Crippen molar-refractivity contribution in [1.29, 1.82) is 0 Å². The van der Waals surface area contributed by atoms with Gasteiger partial charge in [0.1, 0.15) is 0 Å². The first-order chi connectivity index (χ1) is 10.7. The van der Waals surface area contributed by atoms with Crippen molar-refractivity contribution in [2.75, 3.05) is 6.54 Å². The van der Waals surface area contributed by atoms with E-state index in [1.165, 1.54) is 0 Å². The number of benzene rings is 1. The van der Waals surface area contributed by atoms with Gasteiger partial charge in [-0.1, -0.05) is 12.1 Å². The van der Waals surface area contributed by atoms with Crippen LogP contribution in [0.5, 0.6) is 0 Å². The van der Waals surface area contributed by atoms with Crippen LogP contribution in [0.3, 0.4) is 0 Å². The molecule has 3 rings (SSSR count). The van der Waals surface area contributed by atoms with Gasteiger partial charge in [-0.05, 0) is 38.3 Å². The van der Waals surface area contributed by atoms with Gasteiger partial charge in [0.2, 0.25) is 5.91 Å². The summed E-state index contributed by atoms with van der Waals surface area (Å²) in [6, 6.07) is 7.91. The number of para-hydroxylation sites is 2. The topological polar surface area (TPSA) is 58.4 Å². The Labute approximate surface area is 130 Å². The molecule has 2 heterocycles. The normalized spacial score (nSPS) is 20.3. The molecule has 1 fully saturated rings. The molecule has 2 unspecified atom stereocenters. The SMILES string of the molecule is CC(O)C1CCCCN1C(=O)CCn1cnc2ccccc21. The molecule has 0 aliphatic carbocycles. The fourth-order valence-corrected chi connectivity index (χ4v) is 3.32. The van der Waals surface area contributed by atoms with Gasteiger partial charge in [-0.25, -0.2) is 4.98 Å². The van der Waals surface area contributed by atoms with E-state index in [4.69, 9.17) is 0 Å². The van der Waals surface area contributed by atoms with Gasteiger partial charge in [-0.2, -0.15) is 0 Å². The minimum Gasteiger partial charge on any atom is -0.391 e. The van der Waals surface area contributed by atoms with E-state index in [-0.39, 0.29) is 11.9 Å². The van der Waals surface area contributed by atoms with Crippen LogP contribution in [0.1, 0.15) is 32.6 Å². The lowest BCUT2D eigenvalue weighted by Crippen LogP contribution is -2.49. The minimum absolute atomic E-state index is 0.0271. The summed E-state index contributed by atoms with van der Waals surface area (Å²) in [4.78, 5) is 18.7. The highest BCUT2D eigenvalue weighted by atomic mass is 16.3. The summed E-state index contributed by atoms with van der Waals surface area (Å²) in [7, 11) is 0. The van der Waals surface area contributed by atoms with Crippen LogP contribution in [0, 0.1) is 0 Å². The number of amides is 1. The predicted molar refractivity (Wildman–Crippen MR) is 85.4 cm³/mol. The number of aliphatic hydroxyl groups is 1. The van der Waals surface area contributed by atoms with Crippen LogP contribution in [0.15, 0.2) is 30.6 Å². The van der Waals surface area contributed by atoms with Gasteiger partial charge in [0, 0.05) is 19.5 Å². The molecule has 1 aromatic heterocycles. The van der Waals surface area contributed by atoms with Crippen molar-refractivity contribution in [3.8, 4) is 0 Å². The van der Waals surface area contributed by atoms with Crippen LogP contribution in [0.25, 0.3) is 11.0 Å². The van der Waals surface area contributed by atoms with Crippen LogP contribution < -0.4 is 0 Å². The van der Waals surface area contributed by atoms with E-state index in [0.717, 1.165) is 36.8 Å². The molecular weight excluding hydrogens is 278 g/mol. The number of aryl methyl sites for hydroxylation is 1. The molecule has 5 heteroatoms. The van der Waals surface area contributed by atoms with Gasteiger partial charge in [0.15, 0.2) is 0 Å². The van der Waals surface area contributed by atoms with Gasteiger partial charge < -0.3 is 14.6 Å². The van der Waals surface area contributed by atoms with E-state index >= 15 is 0 Å². The Morgan fingerprint density at radius 2 is 2.23 bits per heavy atom. The predicted octanol–water partition coefficient (Wildman–Crippen LogP) is 2.19. The van der Waals surface area contributed by atoms with Crippen LogP contribution in [-0.2, 0) is 11.3 Å². The summed E-state index contributed by atoms with van der Waals surface area (Å²) in [6.07, 6.45) is 4.80. The number of carbonyl (C=O) groups excluding carboxylic acids is 1. The molecular formula is C17H23N3O2. The fraction of sp³-hybridized carbons (Fsp3) is 0.529. The Hall–Kier alpha value is -1.88. The summed E-state index contributed by atoms with van der Waals surface area (Å²) in [5.41, 5.74) is 2.01. The van der Waals surface area contributed by atoms with Crippen LogP contribution in [-0.4, -0.2) is 44.2 Å².